The van der Waals surface area contributed by atoms with Crippen LogP contribution in [-0.2, 0) is 12.8 Å². The monoisotopic (exact) mass is 816 g/mol. The second-order valence-electron chi connectivity index (χ2n) is 15.2. The summed E-state index contributed by atoms with van der Waals surface area (Å²) in [5.74, 6) is 1.36. The predicted molar refractivity (Wildman–Crippen MR) is 234 cm³/mol. The summed E-state index contributed by atoms with van der Waals surface area (Å²) in [5.41, 5.74) is 12.9. The van der Waals surface area contributed by atoms with E-state index >= 15 is 0 Å². The van der Waals surface area contributed by atoms with Gasteiger partial charge in [0.2, 0.25) is 11.8 Å². The summed E-state index contributed by atoms with van der Waals surface area (Å²) in [6, 6.07) is 29.0. The van der Waals surface area contributed by atoms with Gasteiger partial charge >= 0.3 is 0 Å². The molecule has 0 spiro atoms. The minimum Gasteiger partial charge on any atom is -0.479 e. The predicted octanol–water partition coefficient (Wildman–Crippen LogP) is 9.53. The van der Waals surface area contributed by atoms with Gasteiger partial charge in [-0.25, -0.2) is 24.3 Å². The molecular weight excluding hydrogens is 768 g/mol. The number of methoxy groups -OCH3 is 2. The summed E-state index contributed by atoms with van der Waals surface area (Å²) in [5, 5.41) is 17.7. The van der Waals surface area contributed by atoms with Crippen molar-refractivity contribution in [3.63, 3.8) is 0 Å². The Balaban J connectivity index is 0.000000184. The fraction of sp³-hybridized carbons (Fsp3) is 0.250. The lowest BCUT2D eigenvalue weighted by Gasteiger charge is -2.14. The summed E-state index contributed by atoms with van der Waals surface area (Å²) in [4.78, 5) is 17.8. The third-order valence-electron chi connectivity index (χ3n) is 10.5. The molecule has 0 fully saturated rings. The van der Waals surface area contributed by atoms with Crippen LogP contribution in [0.3, 0.4) is 0 Å². The summed E-state index contributed by atoms with van der Waals surface area (Å²) in [6.45, 7) is 12.3. The molecular formula is C48H49FN10O2. The van der Waals surface area contributed by atoms with Crippen molar-refractivity contribution in [1.29, 1.82) is 0 Å². The Kier molecular flexibility index (Phi) is 13.0. The highest BCUT2D eigenvalue weighted by atomic mass is 19.1. The van der Waals surface area contributed by atoms with Crippen LogP contribution in [0.15, 0.2) is 116 Å². The van der Waals surface area contributed by atoms with Crippen LogP contribution < -0.4 is 9.47 Å². The number of rotatable bonds is 12. The number of benzene rings is 2. The summed E-state index contributed by atoms with van der Waals surface area (Å²) >= 11 is 0. The maximum absolute atomic E-state index is 13.2. The number of halogens is 1. The quantitative estimate of drug-likeness (QED) is 0.118. The van der Waals surface area contributed by atoms with Crippen LogP contribution in [0.2, 0.25) is 0 Å². The molecule has 0 N–H and O–H groups in total. The highest BCUT2D eigenvalue weighted by Crippen LogP contribution is 2.29. The van der Waals surface area contributed by atoms with Crippen molar-refractivity contribution in [3.05, 3.63) is 167 Å². The average Bonchev–Trinajstić information content (AvgIpc) is 3.92. The van der Waals surface area contributed by atoms with Gasteiger partial charge in [-0.15, -0.1) is 10.2 Å². The van der Waals surface area contributed by atoms with Gasteiger partial charge in [0.05, 0.1) is 61.0 Å². The molecule has 2 atom stereocenters. The van der Waals surface area contributed by atoms with Crippen molar-refractivity contribution in [2.75, 3.05) is 14.2 Å². The van der Waals surface area contributed by atoms with Gasteiger partial charge in [-0.1, -0.05) is 55.8 Å². The largest absolute Gasteiger partial charge is 0.479 e. The maximum atomic E-state index is 13.2. The third kappa shape index (κ3) is 10.2. The van der Waals surface area contributed by atoms with E-state index in [1.54, 1.807) is 26.9 Å². The first kappa shape index (κ1) is 42.0. The van der Waals surface area contributed by atoms with Crippen molar-refractivity contribution < 1.29 is 13.9 Å². The molecule has 0 amide bonds. The molecule has 8 aromatic rings. The van der Waals surface area contributed by atoms with E-state index in [1.165, 1.54) is 23.3 Å². The van der Waals surface area contributed by atoms with Crippen molar-refractivity contribution in [2.45, 2.75) is 66.2 Å². The van der Waals surface area contributed by atoms with E-state index in [0.29, 0.717) is 34.8 Å². The fourth-order valence-corrected chi connectivity index (χ4v) is 6.92. The van der Waals surface area contributed by atoms with Crippen LogP contribution in [-0.4, -0.2) is 63.7 Å². The lowest BCUT2D eigenvalue weighted by atomic mass is 9.94. The number of aromatic nitrogens is 10. The second-order valence-corrected chi connectivity index (χ2v) is 15.2. The van der Waals surface area contributed by atoms with Gasteiger partial charge in [0.25, 0.3) is 0 Å². The Bertz CT molecular complexity index is 2710. The Labute approximate surface area is 355 Å². The molecule has 0 saturated carbocycles. The van der Waals surface area contributed by atoms with Crippen LogP contribution >= 0.6 is 0 Å². The molecule has 12 nitrogen and oxygen atoms in total. The average molecular weight is 817 g/mol. The van der Waals surface area contributed by atoms with E-state index in [-0.39, 0.29) is 11.7 Å². The molecule has 8 rings (SSSR count). The van der Waals surface area contributed by atoms with E-state index in [1.807, 2.05) is 96.9 Å². The third-order valence-corrected chi connectivity index (χ3v) is 10.5. The molecule has 0 aliphatic carbocycles. The number of pyridine rings is 2. The Morgan fingerprint density at radius 2 is 1.07 bits per heavy atom. The molecule has 6 heterocycles. The van der Waals surface area contributed by atoms with Crippen molar-refractivity contribution in [3.8, 4) is 45.9 Å². The molecule has 6 aromatic heterocycles. The van der Waals surface area contributed by atoms with Crippen LogP contribution in [0.4, 0.5) is 4.39 Å². The van der Waals surface area contributed by atoms with E-state index in [4.69, 9.17) is 9.47 Å². The van der Waals surface area contributed by atoms with E-state index in [9.17, 15) is 4.39 Å². The number of imidazole rings is 2. The smallest absolute Gasteiger partial charge is 0.238 e. The molecule has 2 aromatic carbocycles. The maximum Gasteiger partial charge on any atom is 0.238 e. The molecule has 61 heavy (non-hydrogen) atoms. The lowest BCUT2D eigenvalue weighted by Crippen LogP contribution is -2.06. The van der Waals surface area contributed by atoms with Gasteiger partial charge in [0.15, 0.2) is 0 Å². The topological polar surface area (TPSA) is 131 Å². The van der Waals surface area contributed by atoms with Gasteiger partial charge < -0.3 is 18.6 Å². The van der Waals surface area contributed by atoms with Gasteiger partial charge in [-0.2, -0.15) is 10.2 Å². The normalized spacial score (nSPS) is 12.0. The first-order chi connectivity index (χ1) is 29.5. The van der Waals surface area contributed by atoms with Crippen LogP contribution in [0.1, 0.15) is 70.7 Å². The lowest BCUT2D eigenvalue weighted by molar-refractivity contribution is 0.396. The molecule has 13 heteroatoms. The SMILES string of the molecule is COc1nc(-c2cc(C)c(C[C@@H](C)c3ccc(F)cc3)nn2)ccc1-n1cnc(C)c1.COc1nc(-c2ccc(C[C@@H](C)c3ccc(C)cc3)nn2)ccc1-n1cnc(C)c1. The Morgan fingerprint density at radius 1 is 0.557 bits per heavy atom. The van der Waals surface area contributed by atoms with Crippen molar-refractivity contribution >= 4 is 0 Å². The molecule has 0 aliphatic rings. The van der Waals surface area contributed by atoms with Crippen LogP contribution in [0, 0.1) is 33.5 Å². The summed E-state index contributed by atoms with van der Waals surface area (Å²) in [7, 11) is 3.21. The first-order valence-electron chi connectivity index (χ1n) is 20.1. The zero-order valence-electron chi connectivity index (χ0n) is 35.7. The first-order valence-corrected chi connectivity index (χ1v) is 20.1. The van der Waals surface area contributed by atoms with Gasteiger partial charge in [0, 0.05) is 12.4 Å². The summed E-state index contributed by atoms with van der Waals surface area (Å²) < 4.78 is 28.0. The molecule has 310 valence electrons. The van der Waals surface area contributed by atoms with Crippen molar-refractivity contribution in [1.82, 2.24) is 49.5 Å². The molecule has 0 bridgehead atoms. The zero-order valence-corrected chi connectivity index (χ0v) is 35.7. The molecule has 0 saturated heterocycles. The molecule has 0 unspecified atom stereocenters. The van der Waals surface area contributed by atoms with E-state index in [0.717, 1.165) is 63.8 Å². The Hall–Kier alpha value is -7.15. The fourth-order valence-electron chi connectivity index (χ4n) is 6.92. The van der Waals surface area contributed by atoms with Crippen LogP contribution in [0.25, 0.3) is 34.2 Å². The minimum absolute atomic E-state index is 0.204. The van der Waals surface area contributed by atoms with Crippen molar-refractivity contribution in [2.24, 2.45) is 0 Å². The van der Waals surface area contributed by atoms with Gasteiger partial charge in [0.1, 0.15) is 28.6 Å². The molecule has 0 aliphatic heterocycles. The number of hydrogen-bond acceptors (Lipinski definition) is 10. The summed E-state index contributed by atoms with van der Waals surface area (Å²) in [6.07, 6.45) is 8.89. The highest BCUT2D eigenvalue weighted by molar-refractivity contribution is 5.60. The minimum atomic E-state index is -0.228. The van der Waals surface area contributed by atoms with Gasteiger partial charge in [-0.05, 0) is 124 Å². The van der Waals surface area contributed by atoms with E-state index in [2.05, 4.69) is 85.4 Å². The number of aryl methyl sites for hydroxylation is 4. The van der Waals surface area contributed by atoms with Crippen LogP contribution in [0.5, 0.6) is 11.8 Å². The zero-order chi connectivity index (χ0) is 43.0. The van der Waals surface area contributed by atoms with E-state index < -0.39 is 0 Å². The Morgan fingerprint density at radius 3 is 1.56 bits per heavy atom. The number of hydrogen-bond donors (Lipinski definition) is 0. The standard InChI is InChI=1S/C24H24FN5O.C24H25N5O/c1-15(18-5-7-19(25)8-6-18)11-21-16(2)12-22(29-28-21)20-9-10-23(24(27-20)31-4)30-13-17(3)26-14-30;1-16-5-7-19(8-6-16)17(2)13-20-9-10-22(28-27-20)21-11-12-23(24(26-21)30-4)29-14-18(3)25-15-29/h5-10,12-15H,11H2,1-4H3;5-12,14-15,17H,13H2,1-4H3/t15-;17-/m11/s1. The second kappa shape index (κ2) is 18.8. The number of ether oxygens (including phenoxy) is 2. The number of nitrogens with zero attached hydrogens (tertiary/aromatic N) is 10. The molecule has 0 radical (unpaired) electrons. The highest BCUT2D eigenvalue weighted by Gasteiger charge is 2.16. The van der Waals surface area contributed by atoms with Gasteiger partial charge in [-0.3, -0.25) is 0 Å².